The molecule has 0 spiro atoms. The van der Waals surface area contributed by atoms with Crippen LogP contribution >= 0.6 is 0 Å². The van der Waals surface area contributed by atoms with Crippen LogP contribution in [0, 0.1) is 24.2 Å². The summed E-state index contributed by atoms with van der Waals surface area (Å²) in [5, 5.41) is 0. The van der Waals surface area contributed by atoms with Crippen molar-refractivity contribution in [3.05, 3.63) is 0 Å². The fourth-order valence-electron chi connectivity index (χ4n) is 2.91. The second kappa shape index (κ2) is 4.15. The van der Waals surface area contributed by atoms with E-state index < -0.39 is 0 Å². The first-order valence-electron chi connectivity index (χ1n) is 5.56. The van der Waals surface area contributed by atoms with Crippen LogP contribution < -0.4 is 0 Å². The maximum Gasteiger partial charge on any atom is 0.0214 e. The smallest absolute Gasteiger partial charge is 0.0214 e. The van der Waals surface area contributed by atoms with Gasteiger partial charge in [0.2, 0.25) is 0 Å². The molecule has 1 heteroatoms. The highest BCUT2D eigenvalue weighted by molar-refractivity contribution is 4.90. The van der Waals surface area contributed by atoms with Crippen molar-refractivity contribution in [3.8, 4) is 12.3 Å². The SMILES string of the molecule is C#CCCN1C[C@H]2CCCC[C@H]2C1. The molecule has 0 radical (unpaired) electrons. The molecule has 0 aromatic rings. The summed E-state index contributed by atoms with van der Waals surface area (Å²) in [6.45, 7) is 3.78. The predicted octanol–water partition coefficient (Wildman–Crippen LogP) is 2.13. The summed E-state index contributed by atoms with van der Waals surface area (Å²) >= 11 is 0. The van der Waals surface area contributed by atoms with Gasteiger partial charge in [-0.2, -0.15) is 0 Å². The van der Waals surface area contributed by atoms with E-state index in [9.17, 15) is 0 Å². The maximum absolute atomic E-state index is 5.28. The normalized spacial score (nSPS) is 34.1. The summed E-state index contributed by atoms with van der Waals surface area (Å²) in [6.07, 6.45) is 12.1. The van der Waals surface area contributed by atoms with Crippen molar-refractivity contribution in [2.75, 3.05) is 19.6 Å². The molecule has 0 amide bonds. The second-order valence-corrected chi connectivity index (χ2v) is 4.52. The summed E-state index contributed by atoms with van der Waals surface area (Å²) in [7, 11) is 0. The van der Waals surface area contributed by atoms with Crippen molar-refractivity contribution in [1.82, 2.24) is 4.90 Å². The molecule has 0 aromatic heterocycles. The van der Waals surface area contributed by atoms with Crippen LogP contribution in [0.4, 0.5) is 0 Å². The average Bonchev–Trinajstić information content (AvgIpc) is 2.57. The van der Waals surface area contributed by atoms with Gasteiger partial charge in [-0.05, 0) is 24.7 Å². The van der Waals surface area contributed by atoms with Crippen LogP contribution in [-0.2, 0) is 0 Å². The number of nitrogens with zero attached hydrogens (tertiary/aromatic N) is 1. The molecule has 72 valence electrons. The van der Waals surface area contributed by atoms with Crippen LogP contribution in [-0.4, -0.2) is 24.5 Å². The van der Waals surface area contributed by atoms with Crippen molar-refractivity contribution in [2.45, 2.75) is 32.1 Å². The van der Waals surface area contributed by atoms with Crippen LogP contribution in [0.15, 0.2) is 0 Å². The van der Waals surface area contributed by atoms with Crippen molar-refractivity contribution < 1.29 is 0 Å². The molecule has 1 saturated heterocycles. The predicted molar refractivity (Wildman–Crippen MR) is 55.3 cm³/mol. The van der Waals surface area contributed by atoms with Crippen molar-refractivity contribution in [2.24, 2.45) is 11.8 Å². The number of hydrogen-bond donors (Lipinski definition) is 0. The molecule has 2 aliphatic rings. The van der Waals surface area contributed by atoms with Crippen LogP contribution in [0.1, 0.15) is 32.1 Å². The van der Waals surface area contributed by atoms with E-state index in [1.807, 2.05) is 0 Å². The van der Waals surface area contributed by atoms with Crippen LogP contribution in [0.25, 0.3) is 0 Å². The fraction of sp³-hybridized carbons (Fsp3) is 0.833. The highest BCUT2D eigenvalue weighted by atomic mass is 15.1. The third kappa shape index (κ3) is 2.06. The number of hydrogen-bond acceptors (Lipinski definition) is 1. The molecule has 0 bridgehead atoms. The third-order valence-electron chi connectivity index (χ3n) is 3.62. The van der Waals surface area contributed by atoms with Gasteiger partial charge in [0.1, 0.15) is 0 Å². The molecule has 2 atom stereocenters. The van der Waals surface area contributed by atoms with E-state index in [-0.39, 0.29) is 0 Å². The van der Waals surface area contributed by atoms with E-state index in [0.717, 1.165) is 24.8 Å². The number of rotatable bonds is 2. The zero-order valence-electron chi connectivity index (χ0n) is 8.34. The molecule has 1 aliphatic carbocycles. The Morgan fingerprint density at radius 2 is 1.77 bits per heavy atom. The average molecular weight is 177 g/mol. The Bertz CT molecular complexity index is 190. The molecular weight excluding hydrogens is 158 g/mol. The van der Waals surface area contributed by atoms with E-state index in [4.69, 9.17) is 6.42 Å². The van der Waals surface area contributed by atoms with Crippen molar-refractivity contribution >= 4 is 0 Å². The Kier molecular flexibility index (Phi) is 2.90. The lowest BCUT2D eigenvalue weighted by molar-refractivity contribution is 0.299. The first-order valence-corrected chi connectivity index (χ1v) is 5.56. The topological polar surface area (TPSA) is 3.24 Å². The highest BCUT2D eigenvalue weighted by Gasteiger charge is 2.33. The fourth-order valence-corrected chi connectivity index (χ4v) is 2.91. The Morgan fingerprint density at radius 1 is 1.15 bits per heavy atom. The van der Waals surface area contributed by atoms with Crippen LogP contribution in [0.2, 0.25) is 0 Å². The number of fused-ring (bicyclic) bond motifs is 1. The van der Waals surface area contributed by atoms with E-state index in [1.165, 1.54) is 38.8 Å². The molecular formula is C12H19N. The molecule has 1 aliphatic heterocycles. The lowest BCUT2D eigenvalue weighted by Gasteiger charge is -2.23. The lowest BCUT2D eigenvalue weighted by atomic mass is 9.82. The van der Waals surface area contributed by atoms with E-state index in [1.54, 1.807) is 0 Å². The highest BCUT2D eigenvalue weighted by Crippen LogP contribution is 2.35. The standard InChI is InChI=1S/C12H19N/c1-2-3-8-13-9-11-6-4-5-7-12(11)10-13/h1,11-12H,3-10H2/t11-,12+. The number of likely N-dealkylation sites (tertiary alicyclic amines) is 1. The molecule has 1 heterocycles. The van der Waals surface area contributed by atoms with E-state index in [0.29, 0.717) is 0 Å². The van der Waals surface area contributed by atoms with Gasteiger partial charge in [-0.3, -0.25) is 0 Å². The first kappa shape index (κ1) is 9.09. The number of terminal acetylenes is 1. The Morgan fingerprint density at radius 3 is 2.31 bits per heavy atom. The summed E-state index contributed by atoms with van der Waals surface area (Å²) in [4.78, 5) is 2.57. The van der Waals surface area contributed by atoms with Crippen LogP contribution in [0.5, 0.6) is 0 Å². The molecule has 0 aromatic carbocycles. The third-order valence-corrected chi connectivity index (χ3v) is 3.62. The van der Waals surface area contributed by atoms with Gasteiger partial charge in [-0.15, -0.1) is 12.3 Å². The van der Waals surface area contributed by atoms with Gasteiger partial charge in [-0.1, -0.05) is 12.8 Å². The summed E-state index contributed by atoms with van der Waals surface area (Å²) < 4.78 is 0. The Hall–Kier alpha value is -0.480. The molecule has 2 fully saturated rings. The monoisotopic (exact) mass is 177 g/mol. The molecule has 1 nitrogen and oxygen atoms in total. The maximum atomic E-state index is 5.28. The molecule has 2 rings (SSSR count). The Labute approximate surface area is 81.5 Å². The largest absolute Gasteiger partial charge is 0.302 e. The molecule has 1 saturated carbocycles. The van der Waals surface area contributed by atoms with E-state index in [2.05, 4.69) is 10.8 Å². The van der Waals surface area contributed by atoms with Crippen molar-refractivity contribution in [1.29, 1.82) is 0 Å². The first-order chi connectivity index (χ1) is 6.40. The van der Waals surface area contributed by atoms with Gasteiger partial charge >= 0.3 is 0 Å². The minimum absolute atomic E-state index is 0.930. The van der Waals surface area contributed by atoms with Gasteiger partial charge < -0.3 is 4.90 Å². The van der Waals surface area contributed by atoms with Gasteiger partial charge in [0.05, 0.1) is 0 Å². The summed E-state index contributed by atoms with van der Waals surface area (Å²) in [6, 6.07) is 0. The lowest BCUT2D eigenvalue weighted by Crippen LogP contribution is -2.21. The van der Waals surface area contributed by atoms with Crippen LogP contribution in [0.3, 0.4) is 0 Å². The van der Waals surface area contributed by atoms with Gasteiger partial charge in [0, 0.05) is 26.1 Å². The van der Waals surface area contributed by atoms with Gasteiger partial charge in [-0.25, -0.2) is 0 Å². The van der Waals surface area contributed by atoms with E-state index >= 15 is 0 Å². The summed E-state index contributed by atoms with van der Waals surface area (Å²) in [5.41, 5.74) is 0. The van der Waals surface area contributed by atoms with Gasteiger partial charge in [0.25, 0.3) is 0 Å². The quantitative estimate of drug-likeness (QED) is 0.584. The van der Waals surface area contributed by atoms with Crippen molar-refractivity contribution in [3.63, 3.8) is 0 Å². The minimum Gasteiger partial charge on any atom is -0.302 e. The molecule has 0 N–H and O–H groups in total. The zero-order valence-corrected chi connectivity index (χ0v) is 8.34. The minimum atomic E-state index is 0.930. The van der Waals surface area contributed by atoms with Gasteiger partial charge in [0.15, 0.2) is 0 Å². The molecule has 0 unspecified atom stereocenters. The summed E-state index contributed by atoms with van der Waals surface area (Å²) in [5.74, 6) is 4.75. The Balaban J connectivity index is 1.81. The second-order valence-electron chi connectivity index (χ2n) is 4.52. The zero-order chi connectivity index (χ0) is 9.10. The molecule has 13 heavy (non-hydrogen) atoms.